The summed E-state index contributed by atoms with van der Waals surface area (Å²) in [6.07, 6.45) is 8.39. The Morgan fingerprint density at radius 2 is 1.89 bits per heavy atom. The van der Waals surface area contributed by atoms with Crippen LogP contribution in [0.25, 0.3) is 0 Å². The summed E-state index contributed by atoms with van der Waals surface area (Å²) in [5.74, 6) is -0.151. The Balaban J connectivity index is 1.95. The van der Waals surface area contributed by atoms with E-state index in [4.69, 9.17) is 5.73 Å². The van der Waals surface area contributed by atoms with E-state index < -0.39 is 0 Å². The van der Waals surface area contributed by atoms with Crippen molar-refractivity contribution in [3.05, 3.63) is 11.4 Å². The van der Waals surface area contributed by atoms with Crippen molar-refractivity contribution in [2.24, 2.45) is 0 Å². The first-order valence-corrected chi connectivity index (χ1v) is 6.80. The molecule has 2 rings (SSSR count). The van der Waals surface area contributed by atoms with E-state index in [2.05, 4.69) is 15.5 Å². The molecule has 18 heavy (non-hydrogen) atoms. The third kappa shape index (κ3) is 3.03. The van der Waals surface area contributed by atoms with Crippen LogP contribution in [0.4, 0.5) is 5.69 Å². The van der Waals surface area contributed by atoms with Crippen LogP contribution < -0.4 is 11.1 Å². The number of nitrogens with one attached hydrogen (secondary N) is 2. The molecule has 0 saturated heterocycles. The molecule has 0 unspecified atom stereocenters. The van der Waals surface area contributed by atoms with Crippen molar-refractivity contribution in [3.63, 3.8) is 0 Å². The molecule has 0 radical (unpaired) electrons. The number of carbonyl (C=O) groups is 1. The molecule has 0 bridgehead atoms. The first-order valence-electron chi connectivity index (χ1n) is 6.80. The zero-order valence-electron chi connectivity index (χ0n) is 11.0. The fraction of sp³-hybridized carbons (Fsp3) is 0.692. The van der Waals surface area contributed by atoms with Crippen molar-refractivity contribution in [1.29, 1.82) is 0 Å². The van der Waals surface area contributed by atoms with Crippen LogP contribution in [0.3, 0.4) is 0 Å². The van der Waals surface area contributed by atoms with Crippen molar-refractivity contribution in [2.45, 2.75) is 57.9 Å². The lowest BCUT2D eigenvalue weighted by Gasteiger charge is -2.20. The molecule has 100 valence electrons. The molecule has 1 aliphatic carbocycles. The highest BCUT2D eigenvalue weighted by Crippen LogP contribution is 2.18. The molecule has 1 amide bonds. The molecule has 0 aliphatic heterocycles. The molecule has 1 aromatic heterocycles. The number of H-pyrrole nitrogens is 1. The number of nitrogens with two attached hydrogens (primary N) is 1. The van der Waals surface area contributed by atoms with Gasteiger partial charge in [-0.25, -0.2) is 0 Å². The largest absolute Gasteiger partial charge is 0.395 e. The van der Waals surface area contributed by atoms with Gasteiger partial charge in [0, 0.05) is 6.04 Å². The minimum atomic E-state index is -0.151. The van der Waals surface area contributed by atoms with Gasteiger partial charge in [0.05, 0.1) is 11.4 Å². The number of aromatic nitrogens is 2. The highest BCUT2D eigenvalue weighted by atomic mass is 16.2. The second-order valence-corrected chi connectivity index (χ2v) is 5.13. The Morgan fingerprint density at radius 1 is 1.28 bits per heavy atom. The zero-order valence-corrected chi connectivity index (χ0v) is 11.0. The quantitative estimate of drug-likeness (QED) is 0.752. The van der Waals surface area contributed by atoms with E-state index in [0.29, 0.717) is 11.4 Å². The van der Waals surface area contributed by atoms with Gasteiger partial charge in [0.15, 0.2) is 5.69 Å². The van der Waals surface area contributed by atoms with Crippen LogP contribution in [-0.2, 0) is 0 Å². The average Bonchev–Trinajstić information content (AvgIpc) is 2.63. The summed E-state index contributed by atoms with van der Waals surface area (Å²) in [6.45, 7) is 1.81. The number of nitrogens with zero attached hydrogens (tertiary/aromatic N) is 1. The molecule has 0 aromatic carbocycles. The van der Waals surface area contributed by atoms with Gasteiger partial charge in [-0.15, -0.1) is 0 Å². The Labute approximate surface area is 108 Å². The smallest absolute Gasteiger partial charge is 0.274 e. The van der Waals surface area contributed by atoms with Crippen LogP contribution >= 0.6 is 0 Å². The lowest BCUT2D eigenvalue weighted by Crippen LogP contribution is -2.35. The maximum absolute atomic E-state index is 12.1. The number of aryl methyl sites for hydroxylation is 1. The van der Waals surface area contributed by atoms with Crippen molar-refractivity contribution in [1.82, 2.24) is 15.5 Å². The maximum atomic E-state index is 12.1. The predicted octanol–water partition coefficient (Wildman–Crippen LogP) is 2.14. The van der Waals surface area contributed by atoms with Gasteiger partial charge in [-0.05, 0) is 19.8 Å². The first-order chi connectivity index (χ1) is 8.68. The number of aromatic amines is 1. The van der Waals surface area contributed by atoms with Crippen molar-refractivity contribution in [2.75, 3.05) is 5.73 Å². The van der Waals surface area contributed by atoms with Crippen molar-refractivity contribution < 1.29 is 4.79 Å². The first kappa shape index (κ1) is 12.9. The number of hydrogen-bond donors (Lipinski definition) is 3. The average molecular weight is 250 g/mol. The number of nitrogen functional groups attached to an aromatic ring is 1. The van der Waals surface area contributed by atoms with Crippen LogP contribution in [0.15, 0.2) is 0 Å². The summed E-state index contributed by atoms with van der Waals surface area (Å²) in [4.78, 5) is 12.1. The molecule has 5 nitrogen and oxygen atoms in total. The van der Waals surface area contributed by atoms with Gasteiger partial charge < -0.3 is 11.1 Å². The molecular weight excluding hydrogens is 228 g/mol. The Bertz CT molecular complexity index is 405. The van der Waals surface area contributed by atoms with Crippen LogP contribution in [0.5, 0.6) is 0 Å². The number of anilines is 1. The molecule has 1 saturated carbocycles. The highest BCUT2D eigenvalue weighted by Gasteiger charge is 2.19. The van der Waals surface area contributed by atoms with Crippen LogP contribution in [0.1, 0.15) is 61.1 Å². The van der Waals surface area contributed by atoms with Crippen molar-refractivity contribution >= 4 is 11.6 Å². The van der Waals surface area contributed by atoms with Gasteiger partial charge in [0.1, 0.15) is 0 Å². The molecule has 5 heteroatoms. The molecule has 1 heterocycles. The van der Waals surface area contributed by atoms with E-state index in [0.717, 1.165) is 18.5 Å². The lowest BCUT2D eigenvalue weighted by molar-refractivity contribution is 0.0926. The van der Waals surface area contributed by atoms with Gasteiger partial charge >= 0.3 is 0 Å². The SMILES string of the molecule is Cc1[nH]nc(C(=O)NC2CCCCCCC2)c1N. The van der Waals surface area contributed by atoms with E-state index >= 15 is 0 Å². The standard InChI is InChI=1S/C13H22N4O/c1-9-11(14)12(17-16-9)13(18)15-10-7-5-3-2-4-6-8-10/h10H,2-8,14H2,1H3,(H,15,18)(H,16,17). The monoisotopic (exact) mass is 250 g/mol. The Kier molecular flexibility index (Phi) is 4.23. The minimum absolute atomic E-state index is 0.151. The molecule has 1 fully saturated rings. The third-order valence-electron chi connectivity index (χ3n) is 3.65. The number of carbonyl (C=O) groups excluding carboxylic acids is 1. The summed E-state index contributed by atoms with van der Waals surface area (Å²) in [6, 6.07) is 0.272. The van der Waals surface area contributed by atoms with E-state index in [9.17, 15) is 4.79 Å². The van der Waals surface area contributed by atoms with Gasteiger partial charge in [-0.3, -0.25) is 9.89 Å². The molecule has 0 atom stereocenters. The number of amides is 1. The van der Waals surface area contributed by atoms with Gasteiger partial charge in [-0.1, -0.05) is 32.1 Å². The van der Waals surface area contributed by atoms with E-state index in [1.54, 1.807) is 0 Å². The Hall–Kier alpha value is -1.52. The second-order valence-electron chi connectivity index (χ2n) is 5.13. The molecule has 4 N–H and O–H groups in total. The summed E-state index contributed by atoms with van der Waals surface area (Å²) < 4.78 is 0. The highest BCUT2D eigenvalue weighted by molar-refractivity contribution is 5.97. The summed E-state index contributed by atoms with van der Waals surface area (Å²) in [5.41, 5.74) is 7.34. The van der Waals surface area contributed by atoms with Gasteiger partial charge in [0.2, 0.25) is 0 Å². The molecule has 1 aliphatic rings. The van der Waals surface area contributed by atoms with Crippen molar-refractivity contribution in [3.8, 4) is 0 Å². The molecule has 0 spiro atoms. The molecule has 1 aromatic rings. The van der Waals surface area contributed by atoms with Crippen LogP contribution in [-0.4, -0.2) is 22.1 Å². The third-order valence-corrected chi connectivity index (χ3v) is 3.65. The maximum Gasteiger partial charge on any atom is 0.274 e. The van der Waals surface area contributed by atoms with E-state index in [1.807, 2.05) is 6.92 Å². The zero-order chi connectivity index (χ0) is 13.0. The normalized spacial score (nSPS) is 18.1. The minimum Gasteiger partial charge on any atom is -0.395 e. The second kappa shape index (κ2) is 5.89. The van der Waals surface area contributed by atoms with Crippen LogP contribution in [0, 0.1) is 6.92 Å². The predicted molar refractivity (Wildman–Crippen MR) is 71.3 cm³/mol. The van der Waals surface area contributed by atoms with E-state index in [1.165, 1.54) is 32.1 Å². The van der Waals surface area contributed by atoms with Gasteiger partial charge in [-0.2, -0.15) is 5.10 Å². The number of rotatable bonds is 2. The van der Waals surface area contributed by atoms with Gasteiger partial charge in [0.25, 0.3) is 5.91 Å². The summed E-state index contributed by atoms with van der Waals surface area (Å²) in [7, 11) is 0. The lowest BCUT2D eigenvalue weighted by atomic mass is 9.96. The molecular formula is C13H22N4O. The number of hydrogen-bond acceptors (Lipinski definition) is 3. The summed E-state index contributed by atoms with van der Waals surface area (Å²) in [5, 5.41) is 9.76. The Morgan fingerprint density at radius 3 is 2.44 bits per heavy atom. The van der Waals surface area contributed by atoms with E-state index in [-0.39, 0.29) is 11.9 Å². The summed E-state index contributed by atoms with van der Waals surface area (Å²) >= 11 is 0. The fourth-order valence-electron chi connectivity index (χ4n) is 2.47. The van der Waals surface area contributed by atoms with Crippen LogP contribution in [0.2, 0.25) is 0 Å². The fourth-order valence-corrected chi connectivity index (χ4v) is 2.47. The topological polar surface area (TPSA) is 83.8 Å².